The normalized spacial score (nSPS) is 12.7. The van der Waals surface area contributed by atoms with E-state index in [1.165, 1.54) is 24.4 Å². The average Bonchev–Trinajstić information content (AvgIpc) is 3.43. The van der Waals surface area contributed by atoms with Crippen molar-refractivity contribution in [2.45, 2.75) is 11.3 Å². The fourth-order valence-corrected chi connectivity index (χ4v) is 5.16. The molecule has 5 aromatic rings. The van der Waals surface area contributed by atoms with Crippen molar-refractivity contribution in [2.24, 2.45) is 0 Å². The van der Waals surface area contributed by atoms with Gasteiger partial charge in [-0.15, -0.1) is 0 Å². The number of aromatic amines is 2. The number of carbonyl (C=O) groups is 1. The third-order valence-electron chi connectivity index (χ3n) is 4.63. The summed E-state index contributed by atoms with van der Waals surface area (Å²) in [6.45, 7) is 0. The Hall–Kier alpha value is -2.47. The Morgan fingerprint density at radius 2 is 1.62 bits per heavy atom. The first-order valence-corrected chi connectivity index (χ1v) is 12.0. The van der Waals surface area contributed by atoms with Gasteiger partial charge < -0.3 is 15.3 Å². The van der Waals surface area contributed by atoms with Gasteiger partial charge in [0.1, 0.15) is 34.9 Å². The van der Waals surface area contributed by atoms with E-state index in [-0.39, 0.29) is 5.12 Å². The second-order valence-electron chi connectivity index (χ2n) is 6.74. The molecule has 4 aromatic heterocycles. The number of nitrogens with zero attached hydrogens (tertiary/aromatic N) is 4. The van der Waals surface area contributed by atoms with E-state index in [0.29, 0.717) is 11.6 Å². The molecule has 0 saturated carbocycles. The standard InChI is InChI=1S/C14H9BrN4OS.C6H3BrClN3/c15-11-5-9-13(16-6-17-14(9)19-11)18-8-2-1-7-3-12(20)21-10(7)4-8;7-4-1-3-5(8)9-2-10-6(3)11-4/h1-2,4-6H,3H2,(H2,16,17,18,19);1-2H,(H,9,10,11). The van der Waals surface area contributed by atoms with Gasteiger partial charge in [0.2, 0.25) is 0 Å². The molecule has 6 rings (SSSR count). The Kier molecular flexibility index (Phi) is 5.89. The average molecular weight is 594 g/mol. The number of rotatable bonds is 2. The van der Waals surface area contributed by atoms with Crippen molar-refractivity contribution < 1.29 is 4.79 Å². The molecule has 0 amide bonds. The van der Waals surface area contributed by atoms with Crippen LogP contribution in [-0.4, -0.2) is 35.0 Å². The van der Waals surface area contributed by atoms with Crippen LogP contribution in [0.3, 0.4) is 0 Å². The lowest BCUT2D eigenvalue weighted by molar-refractivity contribution is -0.110. The summed E-state index contributed by atoms with van der Waals surface area (Å²) in [5.41, 5.74) is 3.52. The van der Waals surface area contributed by atoms with Crippen LogP contribution in [0, 0.1) is 0 Å². The molecule has 12 heteroatoms. The number of H-pyrrole nitrogens is 2. The summed E-state index contributed by atoms with van der Waals surface area (Å²) in [6, 6.07) is 9.72. The van der Waals surface area contributed by atoms with Crippen molar-refractivity contribution >= 4 is 93.9 Å². The number of hydrogen-bond acceptors (Lipinski definition) is 7. The number of aromatic nitrogens is 6. The second-order valence-corrected chi connectivity index (χ2v) is 9.91. The van der Waals surface area contributed by atoms with E-state index in [1.54, 1.807) is 0 Å². The Morgan fingerprint density at radius 3 is 2.38 bits per heavy atom. The smallest absolute Gasteiger partial charge is 0.198 e. The molecule has 0 radical (unpaired) electrons. The highest BCUT2D eigenvalue weighted by atomic mass is 79.9. The number of benzene rings is 1. The zero-order chi connectivity index (χ0) is 22.2. The zero-order valence-electron chi connectivity index (χ0n) is 16.0. The van der Waals surface area contributed by atoms with Gasteiger partial charge in [0.15, 0.2) is 5.12 Å². The van der Waals surface area contributed by atoms with Gasteiger partial charge in [-0.3, -0.25) is 4.79 Å². The fraction of sp³-hybridized carbons (Fsp3) is 0.0500. The molecule has 0 atom stereocenters. The first kappa shape index (κ1) is 21.4. The lowest BCUT2D eigenvalue weighted by atomic mass is 10.1. The summed E-state index contributed by atoms with van der Waals surface area (Å²) < 4.78 is 1.71. The van der Waals surface area contributed by atoms with Crippen LogP contribution in [0.15, 0.2) is 57.1 Å². The van der Waals surface area contributed by atoms with Gasteiger partial charge in [0, 0.05) is 17.0 Å². The van der Waals surface area contributed by atoms with Crippen molar-refractivity contribution in [1.29, 1.82) is 0 Å². The SMILES string of the molecule is Clc1ncnc2[nH]c(Br)cc12.O=C1Cc2ccc(Nc3ncnc4[nH]c(Br)cc34)cc2S1. The van der Waals surface area contributed by atoms with Crippen LogP contribution in [0.5, 0.6) is 0 Å². The highest BCUT2D eigenvalue weighted by molar-refractivity contribution is 9.10. The second kappa shape index (κ2) is 8.81. The number of hydrogen-bond donors (Lipinski definition) is 3. The van der Waals surface area contributed by atoms with Gasteiger partial charge in [-0.2, -0.15) is 0 Å². The number of nitrogens with one attached hydrogen (secondary N) is 3. The number of thioether (sulfide) groups is 1. The molecular formula is C20H12Br2ClN7OS. The van der Waals surface area contributed by atoms with E-state index in [2.05, 4.69) is 67.1 Å². The number of carbonyl (C=O) groups excluding carboxylic acids is 1. The summed E-state index contributed by atoms with van der Waals surface area (Å²) in [5, 5.41) is 5.70. The first-order valence-electron chi connectivity index (χ1n) is 9.21. The lowest BCUT2D eigenvalue weighted by Gasteiger charge is -2.07. The minimum atomic E-state index is 0.196. The van der Waals surface area contributed by atoms with Gasteiger partial charge in [-0.25, -0.2) is 19.9 Å². The molecule has 5 heterocycles. The number of halogens is 3. The predicted octanol–water partition coefficient (Wildman–Crippen LogP) is 6.01. The fourth-order valence-electron chi connectivity index (χ4n) is 3.21. The number of anilines is 2. The molecule has 32 heavy (non-hydrogen) atoms. The maximum absolute atomic E-state index is 11.5. The van der Waals surface area contributed by atoms with Crippen LogP contribution >= 0.6 is 55.2 Å². The summed E-state index contributed by atoms with van der Waals surface area (Å²) in [7, 11) is 0. The van der Waals surface area contributed by atoms with Gasteiger partial charge >= 0.3 is 0 Å². The molecule has 1 aliphatic rings. The number of fused-ring (bicyclic) bond motifs is 3. The Bertz CT molecular complexity index is 1490. The molecule has 8 nitrogen and oxygen atoms in total. The topological polar surface area (TPSA) is 112 Å². The predicted molar refractivity (Wildman–Crippen MR) is 132 cm³/mol. The van der Waals surface area contributed by atoms with E-state index < -0.39 is 0 Å². The maximum Gasteiger partial charge on any atom is 0.198 e. The van der Waals surface area contributed by atoms with Gasteiger partial charge in [0.05, 0.1) is 20.0 Å². The third-order valence-corrected chi connectivity index (χ3v) is 6.75. The van der Waals surface area contributed by atoms with Crippen molar-refractivity contribution in [3.05, 3.63) is 62.9 Å². The monoisotopic (exact) mass is 591 g/mol. The molecule has 0 aliphatic carbocycles. The van der Waals surface area contributed by atoms with E-state index in [0.717, 1.165) is 53.2 Å². The molecule has 3 N–H and O–H groups in total. The molecule has 1 aromatic carbocycles. The van der Waals surface area contributed by atoms with Crippen molar-refractivity contribution in [3.63, 3.8) is 0 Å². The third kappa shape index (κ3) is 4.38. The van der Waals surface area contributed by atoms with E-state index in [9.17, 15) is 4.79 Å². The van der Waals surface area contributed by atoms with Crippen LogP contribution < -0.4 is 5.32 Å². The maximum atomic E-state index is 11.5. The minimum Gasteiger partial charge on any atom is -0.340 e. The molecule has 0 unspecified atom stereocenters. The summed E-state index contributed by atoms with van der Waals surface area (Å²) >= 11 is 13.8. The quantitative estimate of drug-likeness (QED) is 0.215. The van der Waals surface area contributed by atoms with E-state index >= 15 is 0 Å². The Morgan fingerprint density at radius 1 is 0.938 bits per heavy atom. The van der Waals surface area contributed by atoms with Gasteiger partial charge in [0.25, 0.3) is 0 Å². The van der Waals surface area contributed by atoms with E-state index in [4.69, 9.17) is 11.6 Å². The molecule has 0 spiro atoms. The molecule has 0 bridgehead atoms. The van der Waals surface area contributed by atoms with Crippen LogP contribution in [0.25, 0.3) is 22.1 Å². The van der Waals surface area contributed by atoms with Crippen molar-refractivity contribution in [1.82, 2.24) is 29.9 Å². The highest BCUT2D eigenvalue weighted by Gasteiger charge is 2.19. The molecule has 160 valence electrons. The summed E-state index contributed by atoms with van der Waals surface area (Å²) in [4.78, 5) is 34.9. The zero-order valence-corrected chi connectivity index (χ0v) is 20.7. The van der Waals surface area contributed by atoms with E-state index in [1.807, 2.05) is 30.3 Å². The van der Waals surface area contributed by atoms with Crippen LogP contribution in [0.4, 0.5) is 11.5 Å². The Balaban J connectivity index is 0.000000165. The first-order chi connectivity index (χ1) is 15.5. The molecular weight excluding hydrogens is 582 g/mol. The minimum absolute atomic E-state index is 0.196. The lowest BCUT2D eigenvalue weighted by Crippen LogP contribution is -1.95. The molecule has 0 saturated heterocycles. The van der Waals surface area contributed by atoms with Crippen LogP contribution in [0.2, 0.25) is 5.15 Å². The highest BCUT2D eigenvalue weighted by Crippen LogP contribution is 2.35. The largest absolute Gasteiger partial charge is 0.340 e. The van der Waals surface area contributed by atoms with Gasteiger partial charge in [-0.1, -0.05) is 29.4 Å². The van der Waals surface area contributed by atoms with Crippen LogP contribution in [-0.2, 0) is 11.2 Å². The van der Waals surface area contributed by atoms with Crippen molar-refractivity contribution in [3.8, 4) is 0 Å². The van der Waals surface area contributed by atoms with Crippen molar-refractivity contribution in [2.75, 3.05) is 5.32 Å². The summed E-state index contributed by atoms with van der Waals surface area (Å²) in [5.74, 6) is 0.733. The van der Waals surface area contributed by atoms with Crippen LogP contribution in [0.1, 0.15) is 5.56 Å². The van der Waals surface area contributed by atoms with Gasteiger partial charge in [-0.05, 0) is 61.7 Å². The Labute approximate surface area is 207 Å². The summed E-state index contributed by atoms with van der Waals surface area (Å²) in [6.07, 6.45) is 3.45. The molecule has 0 fully saturated rings. The molecule has 1 aliphatic heterocycles.